The number of hydrogen-bond donors (Lipinski definition) is 1. The molecule has 1 N–H and O–H groups in total. The standard InChI is InChI=1S/C30H39N3O2/c1-29(2,3)25-13-15-26(16-14-25)31-28(34)33-19-17-30(18-20-33)21-27(32-35-30)24-11-9-23(10-12-24)22-7-5-4-6-8-22/h9-16,22H,4-8,17-21H2,1-3H3,(H,31,34). The van der Waals surface area contributed by atoms with Crippen molar-refractivity contribution in [3.05, 3.63) is 65.2 Å². The maximum atomic E-state index is 12.8. The summed E-state index contributed by atoms with van der Waals surface area (Å²) in [5, 5.41) is 7.54. The van der Waals surface area contributed by atoms with Crippen LogP contribution >= 0.6 is 0 Å². The van der Waals surface area contributed by atoms with Crippen molar-refractivity contribution in [3.63, 3.8) is 0 Å². The zero-order valence-electron chi connectivity index (χ0n) is 21.5. The Morgan fingerprint density at radius 3 is 2.26 bits per heavy atom. The average Bonchev–Trinajstić information content (AvgIpc) is 3.28. The summed E-state index contributed by atoms with van der Waals surface area (Å²) in [6.45, 7) is 7.93. The molecule has 2 aliphatic heterocycles. The van der Waals surface area contributed by atoms with Crippen molar-refractivity contribution in [2.24, 2.45) is 5.16 Å². The van der Waals surface area contributed by atoms with E-state index in [0.29, 0.717) is 13.1 Å². The van der Waals surface area contributed by atoms with E-state index in [1.165, 1.54) is 48.8 Å². The number of nitrogens with one attached hydrogen (secondary N) is 1. The molecule has 0 atom stereocenters. The quantitative estimate of drug-likeness (QED) is 0.511. The second kappa shape index (κ2) is 9.67. The second-order valence-corrected chi connectivity index (χ2v) is 11.7. The van der Waals surface area contributed by atoms with Crippen LogP contribution < -0.4 is 5.32 Å². The molecule has 2 fully saturated rings. The number of benzene rings is 2. The molecule has 1 saturated carbocycles. The molecule has 1 aliphatic carbocycles. The number of rotatable bonds is 3. The highest BCUT2D eigenvalue weighted by Gasteiger charge is 2.43. The van der Waals surface area contributed by atoms with Crippen molar-refractivity contribution in [2.45, 2.75) is 89.1 Å². The number of hydrogen-bond acceptors (Lipinski definition) is 3. The van der Waals surface area contributed by atoms with Crippen molar-refractivity contribution in [1.82, 2.24) is 4.90 Å². The molecule has 0 aromatic heterocycles. The molecule has 2 aromatic rings. The molecule has 35 heavy (non-hydrogen) atoms. The lowest BCUT2D eigenvalue weighted by atomic mass is 9.83. The third-order valence-corrected chi connectivity index (χ3v) is 8.12. The molecule has 5 nitrogen and oxygen atoms in total. The lowest BCUT2D eigenvalue weighted by Crippen LogP contribution is -2.48. The van der Waals surface area contributed by atoms with Gasteiger partial charge in [0.25, 0.3) is 0 Å². The molecule has 1 saturated heterocycles. The molecule has 2 amide bonds. The molecular weight excluding hydrogens is 434 g/mol. The monoisotopic (exact) mass is 473 g/mol. The van der Waals surface area contributed by atoms with Crippen LogP contribution in [-0.4, -0.2) is 35.3 Å². The molecule has 186 valence electrons. The Hall–Kier alpha value is -2.82. The lowest BCUT2D eigenvalue weighted by molar-refractivity contribution is -0.0544. The van der Waals surface area contributed by atoms with Gasteiger partial charge >= 0.3 is 6.03 Å². The van der Waals surface area contributed by atoms with Crippen molar-refractivity contribution in [1.29, 1.82) is 0 Å². The first-order chi connectivity index (χ1) is 16.8. The Morgan fingerprint density at radius 2 is 1.63 bits per heavy atom. The Kier molecular flexibility index (Phi) is 6.61. The molecule has 0 bridgehead atoms. The minimum absolute atomic E-state index is 0.0409. The van der Waals surface area contributed by atoms with Crippen LogP contribution in [0.5, 0.6) is 0 Å². The number of carbonyl (C=O) groups excluding carboxylic acids is 1. The summed E-state index contributed by atoms with van der Waals surface area (Å²) in [7, 11) is 0. The number of anilines is 1. The molecule has 3 aliphatic rings. The van der Waals surface area contributed by atoms with E-state index in [2.05, 4.69) is 67.6 Å². The fraction of sp³-hybridized carbons (Fsp3) is 0.533. The summed E-state index contributed by atoms with van der Waals surface area (Å²) < 4.78 is 0. The fourth-order valence-corrected chi connectivity index (χ4v) is 5.70. The first-order valence-electron chi connectivity index (χ1n) is 13.3. The van der Waals surface area contributed by atoms with Crippen LogP contribution in [0.25, 0.3) is 0 Å². The van der Waals surface area contributed by atoms with Gasteiger partial charge in [-0.05, 0) is 53.0 Å². The first kappa shape index (κ1) is 23.9. The van der Waals surface area contributed by atoms with Gasteiger partial charge in [0, 0.05) is 38.0 Å². The predicted molar refractivity (Wildman–Crippen MR) is 142 cm³/mol. The van der Waals surface area contributed by atoms with Gasteiger partial charge in [-0.1, -0.05) is 81.6 Å². The molecule has 1 spiro atoms. The van der Waals surface area contributed by atoms with Gasteiger partial charge in [-0.3, -0.25) is 0 Å². The topological polar surface area (TPSA) is 53.9 Å². The zero-order valence-corrected chi connectivity index (χ0v) is 21.5. The Morgan fingerprint density at radius 1 is 0.971 bits per heavy atom. The number of amides is 2. The number of nitrogens with zero attached hydrogens (tertiary/aromatic N) is 2. The highest BCUT2D eigenvalue weighted by atomic mass is 16.7. The minimum Gasteiger partial charge on any atom is -0.388 e. The summed E-state index contributed by atoms with van der Waals surface area (Å²) in [6.07, 6.45) is 9.15. The van der Waals surface area contributed by atoms with Crippen LogP contribution in [0.3, 0.4) is 0 Å². The van der Waals surface area contributed by atoms with Gasteiger partial charge < -0.3 is 15.1 Å². The third kappa shape index (κ3) is 5.39. The van der Waals surface area contributed by atoms with Gasteiger partial charge in [0.05, 0.1) is 5.71 Å². The van der Waals surface area contributed by atoms with E-state index in [9.17, 15) is 4.79 Å². The first-order valence-corrected chi connectivity index (χ1v) is 13.3. The maximum absolute atomic E-state index is 12.8. The molecule has 5 rings (SSSR count). The van der Waals surface area contributed by atoms with Gasteiger partial charge in [-0.2, -0.15) is 0 Å². The zero-order chi connectivity index (χ0) is 24.5. The highest BCUT2D eigenvalue weighted by molar-refractivity contribution is 6.01. The Labute approximate surface area is 209 Å². The Bertz CT molecular complexity index is 1050. The summed E-state index contributed by atoms with van der Waals surface area (Å²) in [6, 6.07) is 17.1. The van der Waals surface area contributed by atoms with Crippen LogP contribution in [0.15, 0.2) is 53.7 Å². The van der Waals surface area contributed by atoms with E-state index in [1.54, 1.807) is 0 Å². The normalized spacial score (nSPS) is 20.4. The van der Waals surface area contributed by atoms with Crippen molar-refractivity contribution < 1.29 is 9.63 Å². The van der Waals surface area contributed by atoms with Crippen LogP contribution in [0.4, 0.5) is 10.5 Å². The summed E-state index contributed by atoms with van der Waals surface area (Å²) >= 11 is 0. The SMILES string of the molecule is CC(C)(C)c1ccc(NC(=O)N2CCC3(CC2)CC(c2ccc(C4CCCCC4)cc2)=NO3)cc1. The molecule has 0 unspecified atom stereocenters. The molecular formula is C30H39N3O2. The molecule has 0 radical (unpaired) electrons. The van der Waals surface area contributed by atoms with Crippen LogP contribution in [-0.2, 0) is 10.3 Å². The van der Waals surface area contributed by atoms with Crippen LogP contribution in [0.1, 0.15) is 94.7 Å². The van der Waals surface area contributed by atoms with E-state index >= 15 is 0 Å². The summed E-state index contributed by atoms with van der Waals surface area (Å²) in [5.41, 5.74) is 5.59. The molecule has 2 aromatic carbocycles. The minimum atomic E-state index is -0.275. The number of carbonyl (C=O) groups is 1. The number of urea groups is 1. The van der Waals surface area contributed by atoms with E-state index in [-0.39, 0.29) is 17.0 Å². The second-order valence-electron chi connectivity index (χ2n) is 11.7. The number of oxime groups is 1. The number of likely N-dealkylation sites (tertiary alicyclic amines) is 1. The fourth-order valence-electron chi connectivity index (χ4n) is 5.70. The average molecular weight is 474 g/mol. The maximum Gasteiger partial charge on any atom is 0.321 e. The predicted octanol–water partition coefficient (Wildman–Crippen LogP) is 7.22. The van der Waals surface area contributed by atoms with E-state index in [0.717, 1.165) is 36.6 Å². The van der Waals surface area contributed by atoms with E-state index in [1.807, 2.05) is 17.0 Å². The smallest absolute Gasteiger partial charge is 0.321 e. The van der Waals surface area contributed by atoms with Crippen LogP contribution in [0.2, 0.25) is 0 Å². The van der Waals surface area contributed by atoms with E-state index < -0.39 is 0 Å². The largest absolute Gasteiger partial charge is 0.388 e. The lowest BCUT2D eigenvalue weighted by Gasteiger charge is -2.37. The van der Waals surface area contributed by atoms with Gasteiger partial charge in [0.1, 0.15) is 5.60 Å². The highest BCUT2D eigenvalue weighted by Crippen LogP contribution is 2.37. The third-order valence-electron chi connectivity index (χ3n) is 8.12. The van der Waals surface area contributed by atoms with Gasteiger partial charge in [-0.25, -0.2) is 4.79 Å². The van der Waals surface area contributed by atoms with Crippen molar-refractivity contribution in [2.75, 3.05) is 18.4 Å². The van der Waals surface area contributed by atoms with Gasteiger partial charge in [0.15, 0.2) is 0 Å². The van der Waals surface area contributed by atoms with Crippen molar-refractivity contribution in [3.8, 4) is 0 Å². The van der Waals surface area contributed by atoms with Crippen molar-refractivity contribution >= 4 is 17.4 Å². The van der Waals surface area contributed by atoms with Crippen LogP contribution in [0, 0.1) is 0 Å². The Balaban J connectivity index is 1.13. The summed E-state index contributed by atoms with van der Waals surface area (Å²) in [5.74, 6) is 0.720. The number of piperidine rings is 1. The molecule has 5 heteroatoms. The molecule has 2 heterocycles. The van der Waals surface area contributed by atoms with Gasteiger partial charge in [0.2, 0.25) is 0 Å². The van der Waals surface area contributed by atoms with E-state index in [4.69, 9.17) is 4.84 Å². The van der Waals surface area contributed by atoms with Gasteiger partial charge in [-0.15, -0.1) is 0 Å². The summed E-state index contributed by atoms with van der Waals surface area (Å²) in [4.78, 5) is 20.8.